The van der Waals surface area contributed by atoms with E-state index in [0.29, 0.717) is 6.54 Å². The Balaban J connectivity index is 1.55. The van der Waals surface area contributed by atoms with Crippen molar-refractivity contribution in [1.82, 2.24) is 25.4 Å². The van der Waals surface area contributed by atoms with E-state index in [9.17, 15) is 4.79 Å². The monoisotopic (exact) mass is 313 g/mol. The molecule has 6 heteroatoms. The summed E-state index contributed by atoms with van der Waals surface area (Å²) in [5.74, 6) is 0. The number of nitrogens with one attached hydrogen (secondary N) is 2. The van der Waals surface area contributed by atoms with E-state index in [-0.39, 0.29) is 12.1 Å². The molecule has 0 saturated carbocycles. The van der Waals surface area contributed by atoms with E-state index < -0.39 is 0 Å². The molecular formula is C17H23N5O. The SMILES string of the molecule is Cc1ccc(CCNC(=O)N2CCCCC2c2cn[nH]c2)cn1. The minimum atomic E-state index is 0.0102. The number of nitrogens with zero attached hydrogens (tertiary/aromatic N) is 3. The maximum absolute atomic E-state index is 12.5. The van der Waals surface area contributed by atoms with Gasteiger partial charge in [0.25, 0.3) is 0 Å². The smallest absolute Gasteiger partial charge is 0.317 e. The van der Waals surface area contributed by atoms with Crippen molar-refractivity contribution in [3.8, 4) is 0 Å². The van der Waals surface area contributed by atoms with Gasteiger partial charge in [0.15, 0.2) is 0 Å². The lowest BCUT2D eigenvalue weighted by Gasteiger charge is -2.35. The highest BCUT2D eigenvalue weighted by atomic mass is 16.2. The predicted octanol–water partition coefficient (Wildman–Crippen LogP) is 2.59. The van der Waals surface area contributed by atoms with Crippen LogP contribution in [0.3, 0.4) is 0 Å². The van der Waals surface area contributed by atoms with Crippen LogP contribution in [0, 0.1) is 6.92 Å². The molecule has 0 bridgehead atoms. The van der Waals surface area contributed by atoms with Gasteiger partial charge in [0.05, 0.1) is 12.2 Å². The van der Waals surface area contributed by atoms with E-state index in [0.717, 1.165) is 49.0 Å². The fourth-order valence-electron chi connectivity index (χ4n) is 3.03. The summed E-state index contributed by atoms with van der Waals surface area (Å²) in [4.78, 5) is 18.7. The number of urea groups is 1. The van der Waals surface area contributed by atoms with E-state index >= 15 is 0 Å². The first-order chi connectivity index (χ1) is 11.2. The fraction of sp³-hybridized carbons (Fsp3) is 0.471. The molecule has 1 fully saturated rings. The quantitative estimate of drug-likeness (QED) is 0.911. The number of pyridine rings is 1. The third-order valence-electron chi connectivity index (χ3n) is 4.33. The number of H-pyrrole nitrogens is 1. The Hall–Kier alpha value is -2.37. The molecule has 1 aliphatic rings. The highest BCUT2D eigenvalue weighted by molar-refractivity contribution is 5.74. The van der Waals surface area contributed by atoms with Gasteiger partial charge in [-0.25, -0.2) is 4.79 Å². The van der Waals surface area contributed by atoms with Crippen molar-refractivity contribution in [1.29, 1.82) is 0 Å². The van der Waals surface area contributed by atoms with Gasteiger partial charge in [0.2, 0.25) is 0 Å². The highest BCUT2D eigenvalue weighted by Gasteiger charge is 2.28. The summed E-state index contributed by atoms with van der Waals surface area (Å²) in [6, 6.07) is 4.19. The minimum absolute atomic E-state index is 0.0102. The van der Waals surface area contributed by atoms with Crippen molar-refractivity contribution >= 4 is 6.03 Å². The molecule has 23 heavy (non-hydrogen) atoms. The topological polar surface area (TPSA) is 73.9 Å². The molecule has 3 rings (SSSR count). The normalized spacial score (nSPS) is 18.0. The molecular weight excluding hydrogens is 290 g/mol. The van der Waals surface area contributed by atoms with Gasteiger partial charge in [-0.2, -0.15) is 5.10 Å². The second kappa shape index (κ2) is 7.26. The first-order valence-corrected chi connectivity index (χ1v) is 8.19. The van der Waals surface area contributed by atoms with Gasteiger partial charge in [-0.1, -0.05) is 6.07 Å². The molecule has 0 radical (unpaired) electrons. The average Bonchev–Trinajstić information content (AvgIpc) is 3.11. The van der Waals surface area contributed by atoms with Gasteiger partial charge in [0, 0.05) is 36.7 Å². The van der Waals surface area contributed by atoms with Gasteiger partial charge < -0.3 is 10.2 Å². The number of aromatic amines is 1. The van der Waals surface area contributed by atoms with Crippen LogP contribution in [0.15, 0.2) is 30.7 Å². The molecule has 2 N–H and O–H groups in total. The molecule has 0 spiro atoms. The molecule has 1 atom stereocenters. The van der Waals surface area contributed by atoms with Crippen LogP contribution in [0.25, 0.3) is 0 Å². The average molecular weight is 313 g/mol. The number of rotatable bonds is 4. The summed E-state index contributed by atoms with van der Waals surface area (Å²) in [6.45, 7) is 3.39. The Kier molecular flexibility index (Phi) is 4.90. The summed E-state index contributed by atoms with van der Waals surface area (Å²) in [5, 5.41) is 9.89. The minimum Gasteiger partial charge on any atom is -0.338 e. The van der Waals surface area contributed by atoms with Crippen LogP contribution >= 0.6 is 0 Å². The number of carbonyl (C=O) groups excluding carboxylic acids is 1. The summed E-state index contributed by atoms with van der Waals surface area (Å²) in [6.07, 6.45) is 9.57. The molecule has 0 aliphatic carbocycles. The predicted molar refractivity (Wildman–Crippen MR) is 88.0 cm³/mol. The lowest BCUT2D eigenvalue weighted by atomic mass is 9.98. The van der Waals surface area contributed by atoms with Crippen molar-refractivity contribution in [2.45, 2.75) is 38.6 Å². The number of amides is 2. The summed E-state index contributed by atoms with van der Waals surface area (Å²) in [7, 11) is 0. The van der Waals surface area contributed by atoms with Crippen LogP contribution in [0.4, 0.5) is 4.79 Å². The zero-order valence-electron chi connectivity index (χ0n) is 13.5. The van der Waals surface area contributed by atoms with Gasteiger partial charge in [-0.15, -0.1) is 0 Å². The molecule has 6 nitrogen and oxygen atoms in total. The Labute approximate surface area is 136 Å². The van der Waals surface area contributed by atoms with Crippen molar-refractivity contribution in [3.05, 3.63) is 47.5 Å². The number of aryl methyl sites for hydroxylation is 1. The molecule has 1 saturated heterocycles. The van der Waals surface area contributed by atoms with Crippen LogP contribution < -0.4 is 5.32 Å². The van der Waals surface area contributed by atoms with Gasteiger partial charge in [-0.3, -0.25) is 10.1 Å². The fourth-order valence-corrected chi connectivity index (χ4v) is 3.03. The summed E-state index contributed by atoms with van der Waals surface area (Å²) >= 11 is 0. The highest BCUT2D eigenvalue weighted by Crippen LogP contribution is 2.30. The molecule has 1 aliphatic heterocycles. The Morgan fingerprint density at radius 3 is 3.04 bits per heavy atom. The largest absolute Gasteiger partial charge is 0.338 e. The number of hydrogen-bond donors (Lipinski definition) is 2. The molecule has 2 aromatic rings. The second-order valence-corrected chi connectivity index (χ2v) is 6.03. The van der Waals surface area contributed by atoms with Crippen molar-refractivity contribution in [3.63, 3.8) is 0 Å². The Morgan fingerprint density at radius 2 is 2.30 bits per heavy atom. The van der Waals surface area contributed by atoms with Gasteiger partial charge in [-0.05, 0) is 44.2 Å². The Bertz CT molecular complexity index is 623. The zero-order chi connectivity index (χ0) is 16.1. The maximum atomic E-state index is 12.5. The van der Waals surface area contributed by atoms with Crippen molar-refractivity contribution in [2.75, 3.05) is 13.1 Å². The van der Waals surface area contributed by atoms with E-state index in [1.165, 1.54) is 0 Å². The van der Waals surface area contributed by atoms with Crippen LogP contribution in [0.2, 0.25) is 0 Å². The summed E-state index contributed by atoms with van der Waals surface area (Å²) < 4.78 is 0. The number of carbonyl (C=O) groups is 1. The molecule has 2 aromatic heterocycles. The number of likely N-dealkylation sites (tertiary alicyclic amines) is 1. The first-order valence-electron chi connectivity index (χ1n) is 8.19. The van der Waals surface area contributed by atoms with Crippen molar-refractivity contribution in [2.24, 2.45) is 0 Å². The molecule has 3 heterocycles. The van der Waals surface area contributed by atoms with E-state index in [4.69, 9.17) is 0 Å². The van der Waals surface area contributed by atoms with Gasteiger partial charge in [0.1, 0.15) is 0 Å². The van der Waals surface area contributed by atoms with Crippen molar-refractivity contribution < 1.29 is 4.79 Å². The Morgan fingerprint density at radius 1 is 1.39 bits per heavy atom. The van der Waals surface area contributed by atoms with Crippen LogP contribution in [0.5, 0.6) is 0 Å². The number of aromatic nitrogens is 3. The lowest BCUT2D eigenvalue weighted by Crippen LogP contribution is -2.45. The van der Waals surface area contributed by atoms with E-state index in [1.54, 1.807) is 0 Å². The molecule has 1 unspecified atom stereocenters. The maximum Gasteiger partial charge on any atom is 0.317 e. The van der Waals surface area contributed by atoms with Crippen LogP contribution in [-0.2, 0) is 6.42 Å². The standard InChI is InChI=1S/C17H23N5O/c1-13-5-6-14(10-19-13)7-8-18-17(23)22-9-3-2-4-16(22)15-11-20-21-12-15/h5-6,10-12,16H,2-4,7-9H2,1H3,(H,18,23)(H,20,21). The third-order valence-corrected chi connectivity index (χ3v) is 4.33. The summed E-state index contributed by atoms with van der Waals surface area (Å²) in [5.41, 5.74) is 3.23. The zero-order valence-corrected chi connectivity index (χ0v) is 13.5. The molecule has 0 aromatic carbocycles. The van der Waals surface area contributed by atoms with E-state index in [2.05, 4.69) is 26.6 Å². The number of hydrogen-bond acceptors (Lipinski definition) is 3. The van der Waals surface area contributed by atoms with Crippen LogP contribution in [0.1, 0.15) is 42.1 Å². The third kappa shape index (κ3) is 3.88. The second-order valence-electron chi connectivity index (χ2n) is 6.03. The van der Waals surface area contributed by atoms with Gasteiger partial charge >= 0.3 is 6.03 Å². The lowest BCUT2D eigenvalue weighted by molar-refractivity contribution is 0.151. The molecule has 2 amide bonds. The van der Waals surface area contributed by atoms with E-state index in [1.807, 2.05) is 36.5 Å². The first kappa shape index (κ1) is 15.5. The van der Waals surface area contributed by atoms with Crippen LogP contribution in [-0.4, -0.2) is 39.2 Å². The molecule has 122 valence electrons. The number of piperidine rings is 1.